The van der Waals surface area contributed by atoms with Gasteiger partial charge in [-0.25, -0.2) is 0 Å². The first kappa shape index (κ1) is 18.7. The fourth-order valence-electron chi connectivity index (χ4n) is 1.95. The van der Waals surface area contributed by atoms with Crippen LogP contribution in [-0.4, -0.2) is 24.2 Å². The Morgan fingerprint density at radius 3 is 2.40 bits per heavy atom. The summed E-state index contributed by atoms with van der Waals surface area (Å²) < 4.78 is 29.9. The summed E-state index contributed by atoms with van der Waals surface area (Å²) in [5.74, 6) is -2.77. The van der Waals surface area contributed by atoms with Crippen molar-refractivity contribution in [3.05, 3.63) is 48.5 Å². The Morgan fingerprint density at radius 1 is 1.08 bits per heavy atom. The van der Waals surface area contributed by atoms with Crippen LogP contribution >= 0.6 is 11.8 Å². The van der Waals surface area contributed by atoms with Gasteiger partial charge in [0.2, 0.25) is 5.91 Å². The number of rotatable bonds is 7. The first-order chi connectivity index (χ1) is 11.9. The lowest BCUT2D eigenvalue weighted by Gasteiger charge is -2.12. The molecule has 0 fully saturated rings. The molecule has 0 unspecified atom stereocenters. The van der Waals surface area contributed by atoms with Gasteiger partial charge in [-0.2, -0.15) is 8.78 Å². The molecule has 0 aliphatic rings. The molecule has 2 aromatic carbocycles. The van der Waals surface area contributed by atoms with Crippen molar-refractivity contribution in [2.24, 2.45) is 0 Å². The number of nitrogens with one attached hydrogen (secondary N) is 2. The average Bonchev–Trinajstić information content (AvgIpc) is 2.55. The molecule has 2 amide bonds. The predicted molar refractivity (Wildman–Crippen MR) is 93.2 cm³/mol. The lowest BCUT2D eigenvalue weighted by molar-refractivity contribution is -0.118. The largest absolute Gasteiger partial charge is 0.482 e. The van der Waals surface area contributed by atoms with Crippen LogP contribution in [0.3, 0.4) is 0 Å². The van der Waals surface area contributed by atoms with Crippen LogP contribution in [0.15, 0.2) is 53.4 Å². The third-order valence-corrected chi connectivity index (χ3v) is 3.64. The first-order valence-electron chi connectivity index (χ1n) is 7.28. The van der Waals surface area contributed by atoms with Gasteiger partial charge in [-0.3, -0.25) is 9.59 Å². The molecule has 2 aromatic rings. The van der Waals surface area contributed by atoms with E-state index in [1.165, 1.54) is 31.2 Å². The van der Waals surface area contributed by atoms with Crippen molar-refractivity contribution < 1.29 is 23.1 Å². The van der Waals surface area contributed by atoms with Crippen LogP contribution in [0.25, 0.3) is 0 Å². The second-order valence-corrected chi connectivity index (χ2v) is 5.98. The summed E-state index contributed by atoms with van der Waals surface area (Å²) in [4.78, 5) is 23.5. The van der Waals surface area contributed by atoms with Gasteiger partial charge in [-0.15, -0.1) is 0 Å². The van der Waals surface area contributed by atoms with E-state index in [9.17, 15) is 18.4 Å². The number of halogens is 2. The second-order valence-electron chi connectivity index (χ2n) is 4.92. The number of carbonyl (C=O) groups excluding carboxylic acids is 2. The molecule has 0 aromatic heterocycles. The van der Waals surface area contributed by atoms with Gasteiger partial charge in [-0.1, -0.05) is 23.9 Å². The van der Waals surface area contributed by atoms with Crippen LogP contribution in [0.1, 0.15) is 6.92 Å². The number of carbonyl (C=O) groups is 2. The molecule has 0 bridgehead atoms. The molecular weight excluding hydrogens is 350 g/mol. The Bertz CT molecular complexity index is 739. The summed E-state index contributed by atoms with van der Waals surface area (Å²) in [7, 11) is 0. The lowest BCUT2D eigenvalue weighted by atomic mass is 10.3. The molecule has 0 saturated carbocycles. The van der Waals surface area contributed by atoms with E-state index >= 15 is 0 Å². The van der Waals surface area contributed by atoms with E-state index in [0.29, 0.717) is 33.8 Å². The third kappa shape index (κ3) is 6.42. The third-order valence-electron chi connectivity index (χ3n) is 2.92. The summed E-state index contributed by atoms with van der Waals surface area (Å²) in [6.07, 6.45) is 0. The Labute approximate surface area is 147 Å². The highest BCUT2D eigenvalue weighted by molar-refractivity contribution is 7.99. The fourth-order valence-corrected chi connectivity index (χ4v) is 2.44. The van der Waals surface area contributed by atoms with E-state index in [4.69, 9.17) is 4.74 Å². The zero-order chi connectivity index (χ0) is 18.2. The minimum atomic E-state index is -2.49. The quantitative estimate of drug-likeness (QED) is 0.728. The molecule has 132 valence electrons. The fraction of sp³-hybridized carbons (Fsp3) is 0.176. The van der Waals surface area contributed by atoms with Crippen molar-refractivity contribution in [3.8, 4) is 5.75 Å². The van der Waals surface area contributed by atoms with Crippen molar-refractivity contribution >= 4 is 35.0 Å². The van der Waals surface area contributed by atoms with Crippen molar-refractivity contribution in [2.75, 3.05) is 17.2 Å². The van der Waals surface area contributed by atoms with Crippen molar-refractivity contribution in [2.45, 2.75) is 17.6 Å². The van der Waals surface area contributed by atoms with E-state index in [0.717, 1.165) is 0 Å². The minimum absolute atomic E-state index is 0.248. The smallest absolute Gasteiger partial charge is 0.288 e. The van der Waals surface area contributed by atoms with E-state index in [1.54, 1.807) is 24.3 Å². The topological polar surface area (TPSA) is 67.4 Å². The number of hydrogen-bond acceptors (Lipinski definition) is 4. The van der Waals surface area contributed by atoms with Crippen LogP contribution in [0.5, 0.6) is 5.75 Å². The van der Waals surface area contributed by atoms with Crippen LogP contribution in [0.4, 0.5) is 20.2 Å². The van der Waals surface area contributed by atoms with Gasteiger partial charge in [0.1, 0.15) is 5.75 Å². The second kappa shape index (κ2) is 9.03. The number of amides is 2. The zero-order valence-corrected chi connectivity index (χ0v) is 14.1. The van der Waals surface area contributed by atoms with Gasteiger partial charge < -0.3 is 15.4 Å². The van der Waals surface area contributed by atoms with Gasteiger partial charge in [0, 0.05) is 17.5 Å². The van der Waals surface area contributed by atoms with Crippen LogP contribution < -0.4 is 15.4 Å². The summed E-state index contributed by atoms with van der Waals surface area (Å²) in [6, 6.07) is 12.8. The zero-order valence-electron chi connectivity index (χ0n) is 13.3. The molecule has 2 N–H and O–H groups in total. The van der Waals surface area contributed by atoms with E-state index in [2.05, 4.69) is 10.6 Å². The Morgan fingerprint density at radius 2 is 1.76 bits per heavy atom. The maximum Gasteiger partial charge on any atom is 0.288 e. The highest BCUT2D eigenvalue weighted by Gasteiger charge is 2.09. The Kier molecular flexibility index (Phi) is 6.76. The maximum atomic E-state index is 12.3. The monoisotopic (exact) mass is 366 g/mol. The number of benzene rings is 2. The standard InChI is InChI=1S/C17H16F2N2O3S/c1-11(22)20-14-4-2-3-5-15(14)24-10-16(23)21-12-6-8-13(9-7-12)25-17(18)19/h2-9,17H,10H2,1H3,(H,20,22)(H,21,23). The first-order valence-corrected chi connectivity index (χ1v) is 8.16. The number of alkyl halides is 2. The molecule has 8 heteroatoms. The van der Waals surface area contributed by atoms with Gasteiger partial charge >= 0.3 is 0 Å². The Hall–Kier alpha value is -2.61. The number of ether oxygens (including phenoxy) is 1. The predicted octanol–water partition coefficient (Wildman–Crippen LogP) is 3.98. The molecular formula is C17H16F2N2O3S. The summed E-state index contributed by atoms with van der Waals surface area (Å²) >= 11 is 0.435. The summed E-state index contributed by atoms with van der Waals surface area (Å²) in [5.41, 5.74) is 0.943. The molecule has 0 aliphatic heterocycles. The molecule has 0 radical (unpaired) electrons. The lowest BCUT2D eigenvalue weighted by Crippen LogP contribution is -2.20. The van der Waals surface area contributed by atoms with E-state index in [-0.39, 0.29) is 12.5 Å². The van der Waals surface area contributed by atoms with Crippen LogP contribution in [0.2, 0.25) is 0 Å². The molecule has 0 atom stereocenters. The normalized spacial score (nSPS) is 10.4. The molecule has 0 spiro atoms. The van der Waals surface area contributed by atoms with Crippen molar-refractivity contribution in [3.63, 3.8) is 0 Å². The SMILES string of the molecule is CC(=O)Nc1ccccc1OCC(=O)Nc1ccc(SC(F)F)cc1. The minimum Gasteiger partial charge on any atom is -0.482 e. The van der Waals surface area contributed by atoms with Crippen molar-refractivity contribution in [1.29, 1.82) is 0 Å². The van der Waals surface area contributed by atoms with Gasteiger partial charge in [0.25, 0.3) is 11.7 Å². The van der Waals surface area contributed by atoms with Crippen molar-refractivity contribution in [1.82, 2.24) is 0 Å². The molecule has 0 heterocycles. The molecule has 0 aliphatic carbocycles. The summed E-state index contributed by atoms with van der Waals surface area (Å²) in [5, 5.41) is 5.21. The number of para-hydroxylation sites is 2. The van der Waals surface area contributed by atoms with Gasteiger partial charge in [-0.05, 0) is 36.4 Å². The molecule has 0 saturated heterocycles. The van der Waals surface area contributed by atoms with Gasteiger partial charge in [0.05, 0.1) is 5.69 Å². The molecule has 2 rings (SSSR count). The summed E-state index contributed by atoms with van der Waals surface area (Å²) in [6.45, 7) is 1.11. The van der Waals surface area contributed by atoms with Gasteiger partial charge in [0.15, 0.2) is 6.61 Å². The number of anilines is 2. The number of thioether (sulfide) groups is 1. The highest BCUT2D eigenvalue weighted by Crippen LogP contribution is 2.26. The van der Waals surface area contributed by atoms with Crippen LogP contribution in [-0.2, 0) is 9.59 Å². The van der Waals surface area contributed by atoms with Crippen LogP contribution in [0, 0.1) is 0 Å². The van der Waals surface area contributed by atoms with E-state index in [1.807, 2.05) is 0 Å². The average molecular weight is 366 g/mol. The van der Waals surface area contributed by atoms with E-state index < -0.39 is 11.7 Å². The highest BCUT2D eigenvalue weighted by atomic mass is 32.2. The molecule has 25 heavy (non-hydrogen) atoms. The Balaban J connectivity index is 1.90. The number of hydrogen-bond donors (Lipinski definition) is 2. The molecule has 5 nitrogen and oxygen atoms in total. The maximum absolute atomic E-state index is 12.3.